The van der Waals surface area contributed by atoms with Gasteiger partial charge in [0.15, 0.2) is 0 Å². The second-order valence-electron chi connectivity index (χ2n) is 7.05. The van der Waals surface area contributed by atoms with E-state index in [9.17, 15) is 4.79 Å². The van der Waals surface area contributed by atoms with Crippen molar-refractivity contribution in [3.8, 4) is 10.4 Å². The number of hydrogen-bond acceptors (Lipinski definition) is 4. The number of benzene rings is 2. The first-order chi connectivity index (χ1) is 13.6. The average molecular weight is 390 g/mol. The number of rotatable bonds is 6. The van der Waals surface area contributed by atoms with Crippen LogP contribution in [0.25, 0.3) is 20.7 Å². The zero-order valence-electron chi connectivity index (χ0n) is 16.1. The summed E-state index contributed by atoms with van der Waals surface area (Å²) in [5.41, 5.74) is 3.64. The van der Waals surface area contributed by atoms with Crippen LogP contribution in [0.15, 0.2) is 65.5 Å². The van der Waals surface area contributed by atoms with Gasteiger partial charge in [-0.25, -0.2) is 4.98 Å². The van der Waals surface area contributed by atoms with Crippen LogP contribution < -0.4 is 5.56 Å². The lowest BCUT2D eigenvalue weighted by molar-refractivity contribution is 0.311. The molecule has 2 aromatic carbocycles. The fourth-order valence-corrected chi connectivity index (χ4v) is 4.36. The van der Waals surface area contributed by atoms with Gasteiger partial charge in [-0.1, -0.05) is 61.5 Å². The van der Waals surface area contributed by atoms with E-state index in [1.54, 1.807) is 11.3 Å². The largest absolute Gasteiger partial charge is 0.309 e. The van der Waals surface area contributed by atoms with Crippen molar-refractivity contribution < 1.29 is 0 Å². The molecule has 1 N–H and O–H groups in total. The van der Waals surface area contributed by atoms with E-state index >= 15 is 0 Å². The van der Waals surface area contributed by atoms with E-state index in [-0.39, 0.29) is 5.56 Å². The van der Waals surface area contributed by atoms with Crippen molar-refractivity contribution in [3.05, 3.63) is 88.0 Å². The second-order valence-corrected chi connectivity index (χ2v) is 8.08. The number of thiophene rings is 1. The number of fused-ring (bicyclic) bond motifs is 1. The fourth-order valence-electron chi connectivity index (χ4n) is 3.30. The highest BCUT2D eigenvalue weighted by Gasteiger charge is 2.11. The van der Waals surface area contributed by atoms with Gasteiger partial charge in [-0.2, -0.15) is 0 Å². The lowest BCUT2D eigenvalue weighted by atomic mass is 10.1. The number of nitrogens with one attached hydrogen (secondary N) is 1. The molecule has 0 saturated carbocycles. The number of hydrogen-bond donors (Lipinski definition) is 1. The van der Waals surface area contributed by atoms with Crippen molar-refractivity contribution in [2.24, 2.45) is 0 Å². The average Bonchev–Trinajstić information content (AvgIpc) is 3.14. The van der Waals surface area contributed by atoms with Crippen LogP contribution >= 0.6 is 11.3 Å². The summed E-state index contributed by atoms with van der Waals surface area (Å²) >= 11 is 1.56. The minimum absolute atomic E-state index is 0.0703. The molecule has 0 amide bonds. The first kappa shape index (κ1) is 18.6. The highest BCUT2D eigenvalue weighted by molar-refractivity contribution is 7.21. The Hall–Kier alpha value is -2.76. The monoisotopic (exact) mass is 389 g/mol. The quantitative estimate of drug-likeness (QED) is 0.513. The summed E-state index contributed by atoms with van der Waals surface area (Å²) in [6.45, 7) is 3.57. The highest BCUT2D eigenvalue weighted by Crippen LogP contribution is 2.30. The SMILES string of the molecule is CCc1ccc(CN(C)Cc2nc3sc(-c4ccccc4)cc3c(=O)[nH]2)cc1. The van der Waals surface area contributed by atoms with Crippen LogP contribution in [0.3, 0.4) is 0 Å². The van der Waals surface area contributed by atoms with Crippen LogP contribution in [-0.4, -0.2) is 21.9 Å². The number of aromatic nitrogens is 2. The highest BCUT2D eigenvalue weighted by atomic mass is 32.1. The summed E-state index contributed by atoms with van der Waals surface area (Å²) in [5, 5.41) is 0.658. The van der Waals surface area contributed by atoms with Crippen LogP contribution in [0.4, 0.5) is 0 Å². The summed E-state index contributed by atoms with van der Waals surface area (Å²) in [7, 11) is 2.04. The van der Waals surface area contributed by atoms with Crippen molar-refractivity contribution in [3.63, 3.8) is 0 Å². The molecule has 0 spiro atoms. The van der Waals surface area contributed by atoms with E-state index in [0.29, 0.717) is 17.8 Å². The maximum absolute atomic E-state index is 12.5. The van der Waals surface area contributed by atoms with Crippen molar-refractivity contribution >= 4 is 21.6 Å². The van der Waals surface area contributed by atoms with Gasteiger partial charge in [0.05, 0.1) is 11.9 Å². The molecule has 0 fully saturated rings. The Morgan fingerprint density at radius 3 is 2.43 bits per heavy atom. The smallest absolute Gasteiger partial charge is 0.259 e. The molecule has 0 unspecified atom stereocenters. The molecule has 0 bridgehead atoms. The van der Waals surface area contributed by atoms with E-state index in [1.165, 1.54) is 11.1 Å². The van der Waals surface area contributed by atoms with Gasteiger partial charge in [-0.3, -0.25) is 9.69 Å². The van der Waals surface area contributed by atoms with Crippen molar-refractivity contribution in [2.75, 3.05) is 7.05 Å². The first-order valence-electron chi connectivity index (χ1n) is 9.47. The van der Waals surface area contributed by atoms with Crippen molar-refractivity contribution in [2.45, 2.75) is 26.4 Å². The van der Waals surface area contributed by atoms with Crippen LogP contribution in [-0.2, 0) is 19.5 Å². The molecule has 0 aliphatic rings. The molecule has 0 aliphatic heterocycles. The van der Waals surface area contributed by atoms with Gasteiger partial charge in [-0.05, 0) is 36.2 Å². The third-order valence-corrected chi connectivity index (χ3v) is 5.89. The van der Waals surface area contributed by atoms with Gasteiger partial charge in [0.1, 0.15) is 10.7 Å². The van der Waals surface area contributed by atoms with Gasteiger partial charge in [0.25, 0.3) is 5.56 Å². The third kappa shape index (κ3) is 4.06. The van der Waals surface area contributed by atoms with Crippen molar-refractivity contribution in [1.29, 1.82) is 0 Å². The second kappa shape index (κ2) is 8.09. The maximum atomic E-state index is 12.5. The minimum atomic E-state index is -0.0703. The van der Waals surface area contributed by atoms with Crippen LogP contribution in [0.1, 0.15) is 23.9 Å². The molecule has 2 heterocycles. The Morgan fingerprint density at radius 2 is 1.71 bits per heavy atom. The predicted molar refractivity (Wildman–Crippen MR) is 117 cm³/mol. The van der Waals surface area contributed by atoms with E-state index < -0.39 is 0 Å². The Labute approximate surface area is 168 Å². The molecular weight excluding hydrogens is 366 g/mol. The number of H-pyrrole nitrogens is 1. The summed E-state index contributed by atoms with van der Waals surface area (Å²) in [6, 6.07) is 20.7. The summed E-state index contributed by atoms with van der Waals surface area (Å²) in [4.78, 5) is 24.2. The van der Waals surface area contributed by atoms with Gasteiger partial charge >= 0.3 is 0 Å². The Kier molecular flexibility index (Phi) is 5.37. The lowest BCUT2D eigenvalue weighted by Crippen LogP contribution is -2.21. The summed E-state index contributed by atoms with van der Waals surface area (Å²) < 4.78 is 0. The molecule has 0 aliphatic carbocycles. The molecule has 5 heteroatoms. The minimum Gasteiger partial charge on any atom is -0.309 e. The summed E-state index contributed by atoms with van der Waals surface area (Å²) in [6.07, 6.45) is 1.05. The van der Waals surface area contributed by atoms with E-state index in [4.69, 9.17) is 4.98 Å². The molecule has 28 heavy (non-hydrogen) atoms. The van der Waals surface area contributed by atoms with Crippen molar-refractivity contribution in [1.82, 2.24) is 14.9 Å². The molecule has 0 saturated heterocycles. The van der Waals surface area contributed by atoms with Gasteiger partial charge in [-0.15, -0.1) is 11.3 Å². The molecule has 4 rings (SSSR count). The number of aromatic amines is 1. The van der Waals surface area contributed by atoms with Crippen LogP contribution in [0, 0.1) is 0 Å². The zero-order valence-corrected chi connectivity index (χ0v) is 16.9. The number of nitrogens with zero attached hydrogens (tertiary/aromatic N) is 2. The Balaban J connectivity index is 1.54. The molecule has 2 aromatic heterocycles. The maximum Gasteiger partial charge on any atom is 0.259 e. The van der Waals surface area contributed by atoms with E-state index in [1.807, 2.05) is 31.3 Å². The summed E-state index contributed by atoms with van der Waals surface area (Å²) in [5.74, 6) is 0.701. The van der Waals surface area contributed by atoms with Crippen LogP contribution in [0.2, 0.25) is 0 Å². The zero-order chi connectivity index (χ0) is 19.5. The van der Waals surface area contributed by atoms with E-state index in [0.717, 1.165) is 28.2 Å². The molecule has 0 radical (unpaired) electrons. The fraction of sp³-hybridized carbons (Fsp3) is 0.217. The Bertz CT molecular complexity index is 1130. The Morgan fingerprint density at radius 1 is 1.00 bits per heavy atom. The van der Waals surface area contributed by atoms with Gasteiger partial charge < -0.3 is 4.98 Å². The topological polar surface area (TPSA) is 49.0 Å². The normalized spacial score (nSPS) is 11.4. The van der Waals surface area contributed by atoms with Gasteiger partial charge in [0.2, 0.25) is 0 Å². The standard InChI is InChI=1S/C23H23N3OS/c1-3-16-9-11-17(12-10-16)14-26(2)15-21-24-22(27)19-13-20(28-23(19)25-21)18-7-5-4-6-8-18/h4-13H,3,14-15H2,1-2H3,(H,24,25,27). The van der Waals surface area contributed by atoms with E-state index in [2.05, 4.69) is 53.2 Å². The molecule has 0 atom stereocenters. The molecule has 4 nitrogen and oxygen atoms in total. The molecular formula is C23H23N3OS. The number of aryl methyl sites for hydroxylation is 1. The van der Waals surface area contributed by atoms with Crippen LogP contribution in [0.5, 0.6) is 0 Å². The lowest BCUT2D eigenvalue weighted by Gasteiger charge is -2.16. The molecule has 4 aromatic rings. The van der Waals surface area contributed by atoms with Gasteiger partial charge in [0, 0.05) is 11.4 Å². The molecule has 142 valence electrons. The predicted octanol–water partition coefficient (Wildman–Crippen LogP) is 4.85. The third-order valence-electron chi connectivity index (χ3n) is 4.81. The first-order valence-corrected chi connectivity index (χ1v) is 10.3.